The van der Waals surface area contributed by atoms with Crippen molar-refractivity contribution in [2.75, 3.05) is 19.0 Å². The molecule has 0 rings (SSSR count). The number of allylic oxidation sites excluding steroid dienone is 2. The number of hydrogen-bond acceptors (Lipinski definition) is 1. The second-order valence-electron chi connectivity index (χ2n) is 7.79. The first-order valence-electron chi connectivity index (χ1n) is 11.8. The van der Waals surface area contributed by atoms with Gasteiger partial charge < -0.3 is 5.32 Å². The molecule has 0 spiro atoms. The topological polar surface area (TPSA) is 12.0 Å². The van der Waals surface area contributed by atoms with Crippen LogP contribution in [-0.2, 0) is 0 Å². The molecule has 0 fully saturated rings. The summed E-state index contributed by atoms with van der Waals surface area (Å²) in [5.41, 5.74) is 0. The fraction of sp³-hybridized carbons (Fsp3) is 0.917. The molecule has 156 valence electrons. The zero-order valence-corrected chi connectivity index (χ0v) is 18.6. The fourth-order valence-corrected chi connectivity index (χ4v) is 3.53. The van der Waals surface area contributed by atoms with Crippen molar-refractivity contribution < 1.29 is 0 Å². The third kappa shape index (κ3) is 24.0. The Morgan fingerprint density at radius 2 is 0.962 bits per heavy atom. The van der Waals surface area contributed by atoms with E-state index in [1.54, 1.807) is 0 Å². The Morgan fingerprint density at radius 3 is 1.42 bits per heavy atom. The molecule has 0 heterocycles. The molecule has 0 aromatic carbocycles. The van der Waals surface area contributed by atoms with E-state index in [0.717, 1.165) is 19.0 Å². The summed E-state index contributed by atoms with van der Waals surface area (Å²) >= 11 is 5.63. The van der Waals surface area contributed by atoms with E-state index >= 15 is 0 Å². The smallest absolute Gasteiger partial charge is 0.0348 e. The van der Waals surface area contributed by atoms with E-state index in [1.807, 2.05) is 0 Å². The van der Waals surface area contributed by atoms with Gasteiger partial charge in [0.1, 0.15) is 0 Å². The molecule has 0 atom stereocenters. The highest BCUT2D eigenvalue weighted by molar-refractivity contribution is 6.18. The molecule has 1 N–H and O–H groups in total. The minimum Gasteiger partial charge on any atom is -0.316 e. The van der Waals surface area contributed by atoms with Gasteiger partial charge in [-0.25, -0.2) is 0 Å². The van der Waals surface area contributed by atoms with E-state index in [4.69, 9.17) is 11.6 Å². The van der Waals surface area contributed by atoms with Crippen molar-refractivity contribution in [3.63, 3.8) is 0 Å². The molecule has 0 amide bonds. The Kier molecular flexibility index (Phi) is 25.0. The molecular formula is C24H48ClN. The van der Waals surface area contributed by atoms with Gasteiger partial charge in [-0.05, 0) is 38.6 Å². The van der Waals surface area contributed by atoms with Gasteiger partial charge in [-0.1, -0.05) is 103 Å². The standard InChI is InChI=1S/C24H48ClN/c1-2-3-4-5-6-7-8-9-10-11-12-13-14-15-16-17-18-19-20-21-23-26-24-22-25/h9-10,26H,2-8,11-24H2,1H3/b10-9-. The normalized spacial score (nSPS) is 11.6. The Balaban J connectivity index is 3.03. The third-order valence-electron chi connectivity index (χ3n) is 5.14. The maximum atomic E-state index is 5.63. The van der Waals surface area contributed by atoms with Crippen molar-refractivity contribution in [3.8, 4) is 0 Å². The molecular weight excluding hydrogens is 338 g/mol. The summed E-state index contributed by atoms with van der Waals surface area (Å²) in [5.74, 6) is 0.732. The number of halogens is 1. The van der Waals surface area contributed by atoms with Gasteiger partial charge in [0.15, 0.2) is 0 Å². The van der Waals surface area contributed by atoms with E-state index in [1.165, 1.54) is 116 Å². The number of rotatable bonds is 22. The van der Waals surface area contributed by atoms with Crippen LogP contribution in [0.4, 0.5) is 0 Å². The molecule has 0 aliphatic carbocycles. The zero-order chi connectivity index (χ0) is 19.0. The van der Waals surface area contributed by atoms with Gasteiger partial charge in [0.25, 0.3) is 0 Å². The molecule has 0 bridgehead atoms. The Bertz CT molecular complexity index is 265. The van der Waals surface area contributed by atoms with E-state index in [9.17, 15) is 0 Å². The van der Waals surface area contributed by atoms with Gasteiger partial charge in [-0.3, -0.25) is 0 Å². The number of nitrogens with one attached hydrogen (secondary N) is 1. The van der Waals surface area contributed by atoms with Crippen LogP contribution in [0.5, 0.6) is 0 Å². The largest absolute Gasteiger partial charge is 0.316 e. The first-order chi connectivity index (χ1) is 12.9. The molecule has 2 heteroatoms. The van der Waals surface area contributed by atoms with Gasteiger partial charge in [-0.2, -0.15) is 0 Å². The molecule has 0 aliphatic heterocycles. The molecule has 0 saturated carbocycles. The van der Waals surface area contributed by atoms with Crippen LogP contribution in [0.25, 0.3) is 0 Å². The summed E-state index contributed by atoms with van der Waals surface area (Å²) in [6.45, 7) is 4.38. The molecule has 0 aliphatic rings. The predicted octanol–water partition coefficient (Wildman–Crippen LogP) is 8.41. The van der Waals surface area contributed by atoms with Gasteiger partial charge in [-0.15, -0.1) is 11.6 Å². The summed E-state index contributed by atoms with van der Waals surface area (Å²) in [7, 11) is 0. The Hall–Kier alpha value is -0.0100. The van der Waals surface area contributed by atoms with Crippen LogP contribution >= 0.6 is 11.6 Å². The second kappa shape index (κ2) is 25.0. The first-order valence-corrected chi connectivity index (χ1v) is 12.4. The van der Waals surface area contributed by atoms with Crippen molar-refractivity contribution in [1.29, 1.82) is 0 Å². The lowest BCUT2D eigenvalue weighted by Gasteiger charge is -2.03. The first kappa shape index (κ1) is 26.0. The van der Waals surface area contributed by atoms with Crippen LogP contribution in [0.15, 0.2) is 12.2 Å². The van der Waals surface area contributed by atoms with Gasteiger partial charge in [0, 0.05) is 12.4 Å². The maximum absolute atomic E-state index is 5.63. The van der Waals surface area contributed by atoms with E-state index in [2.05, 4.69) is 24.4 Å². The van der Waals surface area contributed by atoms with Crippen molar-refractivity contribution in [2.45, 2.75) is 122 Å². The van der Waals surface area contributed by atoms with Crippen LogP contribution < -0.4 is 5.32 Å². The summed E-state index contributed by atoms with van der Waals surface area (Å²) < 4.78 is 0. The van der Waals surface area contributed by atoms with E-state index < -0.39 is 0 Å². The number of alkyl halides is 1. The van der Waals surface area contributed by atoms with Crippen LogP contribution in [0.3, 0.4) is 0 Å². The molecule has 1 nitrogen and oxygen atoms in total. The predicted molar refractivity (Wildman–Crippen MR) is 122 cm³/mol. The highest BCUT2D eigenvalue weighted by Gasteiger charge is 1.93. The van der Waals surface area contributed by atoms with E-state index in [0.29, 0.717) is 0 Å². The summed E-state index contributed by atoms with van der Waals surface area (Å²) in [4.78, 5) is 0. The molecule has 26 heavy (non-hydrogen) atoms. The second-order valence-corrected chi connectivity index (χ2v) is 8.17. The van der Waals surface area contributed by atoms with E-state index in [-0.39, 0.29) is 0 Å². The van der Waals surface area contributed by atoms with Gasteiger partial charge >= 0.3 is 0 Å². The monoisotopic (exact) mass is 385 g/mol. The number of unbranched alkanes of at least 4 members (excludes halogenated alkanes) is 16. The van der Waals surface area contributed by atoms with Crippen molar-refractivity contribution >= 4 is 11.6 Å². The Labute approximate surface area is 170 Å². The van der Waals surface area contributed by atoms with Crippen LogP contribution in [-0.4, -0.2) is 19.0 Å². The quantitative estimate of drug-likeness (QED) is 0.112. The van der Waals surface area contributed by atoms with Crippen LogP contribution in [0.2, 0.25) is 0 Å². The lowest BCUT2D eigenvalue weighted by Crippen LogP contribution is -2.17. The van der Waals surface area contributed by atoms with Gasteiger partial charge in [0.2, 0.25) is 0 Å². The average molecular weight is 386 g/mol. The number of hydrogen-bond donors (Lipinski definition) is 1. The molecule has 0 aromatic heterocycles. The molecule has 0 unspecified atom stereocenters. The van der Waals surface area contributed by atoms with Crippen molar-refractivity contribution in [1.82, 2.24) is 5.32 Å². The van der Waals surface area contributed by atoms with Crippen LogP contribution in [0, 0.1) is 0 Å². The fourth-order valence-electron chi connectivity index (χ4n) is 3.40. The van der Waals surface area contributed by atoms with Crippen molar-refractivity contribution in [3.05, 3.63) is 12.2 Å². The highest BCUT2D eigenvalue weighted by Crippen LogP contribution is 2.12. The van der Waals surface area contributed by atoms with Crippen molar-refractivity contribution in [2.24, 2.45) is 0 Å². The lowest BCUT2D eigenvalue weighted by atomic mass is 10.1. The summed E-state index contributed by atoms with van der Waals surface area (Å²) in [6, 6.07) is 0. The third-order valence-corrected chi connectivity index (χ3v) is 5.33. The molecule has 0 aromatic rings. The summed E-state index contributed by atoms with van der Waals surface area (Å²) in [6.07, 6.45) is 30.0. The molecule has 0 radical (unpaired) electrons. The van der Waals surface area contributed by atoms with Gasteiger partial charge in [0.05, 0.1) is 0 Å². The summed E-state index contributed by atoms with van der Waals surface area (Å²) in [5, 5.41) is 3.36. The lowest BCUT2D eigenvalue weighted by molar-refractivity contribution is 0.544. The average Bonchev–Trinajstić information content (AvgIpc) is 2.66. The minimum atomic E-state index is 0.732. The SMILES string of the molecule is CCCCCCCC/C=C\CCCCCCCCCCCCNCCCl. The zero-order valence-electron chi connectivity index (χ0n) is 17.9. The Morgan fingerprint density at radius 1 is 0.538 bits per heavy atom. The maximum Gasteiger partial charge on any atom is 0.0348 e. The highest BCUT2D eigenvalue weighted by atomic mass is 35.5. The van der Waals surface area contributed by atoms with Crippen LogP contribution in [0.1, 0.15) is 122 Å². The minimum absolute atomic E-state index is 0.732. The molecule has 0 saturated heterocycles.